The standard InChI is InChI=1S/C68H135N2O6P/c1-6-8-10-12-14-16-18-20-22-24-26-28-29-30-31-32-33-34-35-36-37-38-39-40-41-42-44-46-48-50-52-54-56-58-60-62-68(72)69-66(65-76-77(73,74)75-64-63-70(3,4)5)67(71)61-59-57-55-53-51-49-47-45-43-27-25-23-21-19-17-15-13-11-9-7-2/h32-33,59,61,66-67,71H,6-31,34-58,60,62-65H2,1-5H3,(H-,69,72,73,74)/p+1/b33-32-,61-59+. The summed E-state index contributed by atoms with van der Waals surface area (Å²) in [6.07, 6.45) is 77.5. The van der Waals surface area contributed by atoms with Crippen molar-refractivity contribution < 1.29 is 32.9 Å². The second kappa shape index (κ2) is 59.6. The lowest BCUT2D eigenvalue weighted by molar-refractivity contribution is -0.870. The third-order valence-corrected chi connectivity index (χ3v) is 16.9. The molecule has 0 aliphatic rings. The Hall–Kier alpha value is -1.02. The number of aliphatic hydroxyl groups excluding tert-OH is 1. The Morgan fingerprint density at radius 1 is 0.429 bits per heavy atom. The molecule has 0 spiro atoms. The van der Waals surface area contributed by atoms with E-state index in [1.54, 1.807) is 6.08 Å². The van der Waals surface area contributed by atoms with Crippen molar-refractivity contribution in [1.29, 1.82) is 0 Å². The highest BCUT2D eigenvalue weighted by molar-refractivity contribution is 7.47. The predicted molar refractivity (Wildman–Crippen MR) is 337 cm³/mol. The number of unbranched alkanes of at least 4 members (excludes halogenated alkanes) is 49. The van der Waals surface area contributed by atoms with E-state index in [-0.39, 0.29) is 19.1 Å². The van der Waals surface area contributed by atoms with E-state index in [0.29, 0.717) is 17.4 Å². The fourth-order valence-corrected chi connectivity index (χ4v) is 11.3. The van der Waals surface area contributed by atoms with Crippen molar-refractivity contribution in [2.45, 2.75) is 366 Å². The van der Waals surface area contributed by atoms with E-state index in [1.807, 2.05) is 27.2 Å². The van der Waals surface area contributed by atoms with Gasteiger partial charge in [0.1, 0.15) is 13.2 Å². The number of phosphoric acid groups is 1. The Morgan fingerprint density at radius 3 is 1.00 bits per heavy atom. The molecule has 3 N–H and O–H groups in total. The lowest BCUT2D eigenvalue weighted by Crippen LogP contribution is -2.45. The summed E-state index contributed by atoms with van der Waals surface area (Å²) in [5, 5.41) is 14.0. The molecule has 0 aromatic heterocycles. The predicted octanol–water partition coefficient (Wildman–Crippen LogP) is 21.5. The number of hydrogen-bond donors (Lipinski definition) is 3. The molecular weight excluding hydrogens is 972 g/mol. The maximum atomic E-state index is 13.0. The molecular formula is C68H136N2O6P+. The minimum absolute atomic E-state index is 0.0642. The molecule has 0 fully saturated rings. The molecule has 0 saturated carbocycles. The SMILES string of the molecule is CCCCCCCCCCCCCCCC/C=C\CCCCCCCCCCCCCCCCCCCC(=O)NC(COP(=O)(O)OCC[N+](C)(C)C)C(O)/C=C/CCCCCCCCCCCCCCCCCCCC. The molecule has 0 radical (unpaired) electrons. The number of amides is 1. The number of rotatable bonds is 64. The molecule has 0 heterocycles. The average molecular weight is 1110 g/mol. The van der Waals surface area contributed by atoms with Gasteiger partial charge in [0.05, 0.1) is 39.9 Å². The van der Waals surface area contributed by atoms with E-state index < -0.39 is 20.0 Å². The first-order chi connectivity index (χ1) is 37.5. The lowest BCUT2D eigenvalue weighted by atomic mass is 10.0. The van der Waals surface area contributed by atoms with Gasteiger partial charge >= 0.3 is 7.82 Å². The summed E-state index contributed by atoms with van der Waals surface area (Å²) < 4.78 is 23.8. The fraction of sp³-hybridized carbons (Fsp3) is 0.926. The first kappa shape index (κ1) is 76.0. The second-order valence-electron chi connectivity index (χ2n) is 24.9. The molecule has 8 nitrogen and oxygen atoms in total. The first-order valence-corrected chi connectivity index (χ1v) is 35.7. The number of likely N-dealkylation sites (N-methyl/N-ethyl adjacent to an activating group) is 1. The van der Waals surface area contributed by atoms with E-state index in [2.05, 4.69) is 31.3 Å². The van der Waals surface area contributed by atoms with Crippen molar-refractivity contribution in [2.24, 2.45) is 0 Å². The van der Waals surface area contributed by atoms with E-state index >= 15 is 0 Å². The second-order valence-corrected chi connectivity index (χ2v) is 26.4. The summed E-state index contributed by atoms with van der Waals surface area (Å²) in [7, 11) is 1.59. The molecule has 0 bridgehead atoms. The smallest absolute Gasteiger partial charge is 0.387 e. The van der Waals surface area contributed by atoms with E-state index in [1.165, 1.54) is 302 Å². The van der Waals surface area contributed by atoms with Crippen LogP contribution in [0.3, 0.4) is 0 Å². The molecule has 0 aromatic carbocycles. The number of nitrogens with zero attached hydrogens (tertiary/aromatic N) is 1. The van der Waals surface area contributed by atoms with E-state index in [9.17, 15) is 19.4 Å². The van der Waals surface area contributed by atoms with Crippen molar-refractivity contribution >= 4 is 13.7 Å². The van der Waals surface area contributed by atoms with Gasteiger partial charge in [0.15, 0.2) is 0 Å². The van der Waals surface area contributed by atoms with Crippen LogP contribution in [-0.2, 0) is 18.4 Å². The maximum Gasteiger partial charge on any atom is 0.472 e. The summed E-state index contributed by atoms with van der Waals surface area (Å²) in [5.74, 6) is -0.169. The van der Waals surface area contributed by atoms with Crippen LogP contribution in [0.15, 0.2) is 24.3 Å². The van der Waals surface area contributed by atoms with Crippen LogP contribution in [-0.4, -0.2) is 73.4 Å². The molecule has 1 amide bonds. The van der Waals surface area contributed by atoms with Crippen LogP contribution in [0, 0.1) is 0 Å². The molecule has 9 heteroatoms. The number of allylic oxidation sites excluding steroid dienone is 3. The third-order valence-electron chi connectivity index (χ3n) is 15.9. The minimum atomic E-state index is -4.35. The van der Waals surface area contributed by atoms with Crippen LogP contribution in [0.1, 0.15) is 354 Å². The van der Waals surface area contributed by atoms with Gasteiger partial charge in [0.25, 0.3) is 0 Å². The van der Waals surface area contributed by atoms with Crippen LogP contribution in [0.4, 0.5) is 0 Å². The minimum Gasteiger partial charge on any atom is -0.387 e. The van der Waals surface area contributed by atoms with Crippen molar-refractivity contribution in [3.8, 4) is 0 Å². The van der Waals surface area contributed by atoms with Crippen LogP contribution in [0.5, 0.6) is 0 Å². The van der Waals surface area contributed by atoms with Gasteiger partial charge in [-0.05, 0) is 44.9 Å². The molecule has 3 unspecified atom stereocenters. The Balaban J connectivity index is 3.99. The number of hydrogen-bond acceptors (Lipinski definition) is 5. The van der Waals surface area contributed by atoms with Gasteiger partial charge in [0, 0.05) is 6.42 Å². The largest absolute Gasteiger partial charge is 0.472 e. The van der Waals surface area contributed by atoms with Gasteiger partial charge in [-0.3, -0.25) is 13.8 Å². The number of carbonyl (C=O) groups excluding carboxylic acids is 1. The third kappa shape index (κ3) is 62.4. The highest BCUT2D eigenvalue weighted by Gasteiger charge is 2.28. The average Bonchev–Trinajstić information content (AvgIpc) is 3.39. The monoisotopic (exact) mass is 1110 g/mol. The van der Waals surface area contributed by atoms with Crippen LogP contribution in [0.2, 0.25) is 0 Å². The summed E-state index contributed by atoms with van der Waals surface area (Å²) >= 11 is 0. The normalized spacial score (nSPS) is 13.8. The van der Waals surface area contributed by atoms with Crippen molar-refractivity contribution in [3.05, 3.63) is 24.3 Å². The van der Waals surface area contributed by atoms with Crippen molar-refractivity contribution in [2.75, 3.05) is 40.9 Å². The molecule has 458 valence electrons. The Labute approximate surface area is 481 Å². The molecule has 0 saturated heterocycles. The summed E-state index contributed by atoms with van der Waals surface area (Å²) in [6, 6.07) is -0.845. The molecule has 77 heavy (non-hydrogen) atoms. The van der Waals surface area contributed by atoms with Gasteiger partial charge < -0.3 is 19.8 Å². The fourth-order valence-electron chi connectivity index (χ4n) is 10.6. The number of aliphatic hydroxyl groups is 1. The van der Waals surface area contributed by atoms with Gasteiger partial charge in [-0.1, -0.05) is 327 Å². The van der Waals surface area contributed by atoms with Gasteiger partial charge in [-0.25, -0.2) is 4.57 Å². The van der Waals surface area contributed by atoms with Gasteiger partial charge in [-0.15, -0.1) is 0 Å². The Kier molecular flexibility index (Phi) is 58.8. The molecule has 3 atom stereocenters. The quantitative estimate of drug-likeness (QED) is 0.0243. The molecule has 0 aliphatic heterocycles. The molecule has 0 aliphatic carbocycles. The van der Waals surface area contributed by atoms with Gasteiger partial charge in [0.2, 0.25) is 5.91 Å². The zero-order valence-corrected chi connectivity index (χ0v) is 53.4. The van der Waals surface area contributed by atoms with Crippen molar-refractivity contribution in [1.82, 2.24) is 5.32 Å². The number of phosphoric ester groups is 1. The van der Waals surface area contributed by atoms with Crippen molar-refractivity contribution in [3.63, 3.8) is 0 Å². The van der Waals surface area contributed by atoms with E-state index in [4.69, 9.17) is 9.05 Å². The number of quaternary nitrogens is 1. The van der Waals surface area contributed by atoms with Crippen LogP contribution < -0.4 is 5.32 Å². The number of carbonyl (C=O) groups is 1. The Morgan fingerprint density at radius 2 is 0.701 bits per heavy atom. The highest BCUT2D eigenvalue weighted by atomic mass is 31.2. The highest BCUT2D eigenvalue weighted by Crippen LogP contribution is 2.43. The topological polar surface area (TPSA) is 105 Å². The summed E-state index contributed by atoms with van der Waals surface area (Å²) in [5.41, 5.74) is 0. The zero-order chi connectivity index (χ0) is 56.3. The Bertz CT molecular complexity index is 1300. The van der Waals surface area contributed by atoms with Crippen LogP contribution >= 0.6 is 7.82 Å². The lowest BCUT2D eigenvalue weighted by Gasteiger charge is -2.25. The summed E-state index contributed by atoms with van der Waals surface area (Å²) in [4.78, 5) is 23.4. The molecule has 0 rings (SSSR count). The zero-order valence-electron chi connectivity index (χ0n) is 52.5. The van der Waals surface area contributed by atoms with Crippen LogP contribution in [0.25, 0.3) is 0 Å². The van der Waals surface area contributed by atoms with Gasteiger partial charge in [-0.2, -0.15) is 0 Å². The number of nitrogens with one attached hydrogen (secondary N) is 1. The maximum absolute atomic E-state index is 13.0. The van der Waals surface area contributed by atoms with E-state index in [0.717, 1.165) is 32.1 Å². The molecule has 0 aromatic rings. The summed E-state index contributed by atoms with van der Waals surface area (Å²) in [6.45, 7) is 4.88. The first-order valence-electron chi connectivity index (χ1n) is 34.2.